The van der Waals surface area contributed by atoms with Gasteiger partial charge in [0.15, 0.2) is 0 Å². The number of amides is 3. The molecule has 1 aromatic heterocycles. The number of likely N-dealkylation sites (N-methyl/N-ethyl adjacent to an activating group) is 1. The van der Waals surface area contributed by atoms with Crippen LogP contribution in [0.3, 0.4) is 0 Å². The predicted molar refractivity (Wildman–Crippen MR) is 111 cm³/mol. The van der Waals surface area contributed by atoms with E-state index in [2.05, 4.69) is 10.6 Å². The van der Waals surface area contributed by atoms with Crippen LogP contribution in [0.25, 0.3) is 0 Å². The lowest BCUT2D eigenvalue weighted by Crippen LogP contribution is -2.34. The van der Waals surface area contributed by atoms with Crippen LogP contribution in [0.5, 0.6) is 0 Å². The molecule has 0 fully saturated rings. The number of thiophene rings is 1. The van der Waals surface area contributed by atoms with E-state index < -0.39 is 0 Å². The first-order chi connectivity index (χ1) is 13.5. The van der Waals surface area contributed by atoms with E-state index in [-0.39, 0.29) is 24.3 Å². The Hall–Kier alpha value is -3.45. The maximum Gasteiger partial charge on any atom is 0.265 e. The van der Waals surface area contributed by atoms with E-state index in [0.717, 1.165) is 0 Å². The second-order valence-corrected chi connectivity index (χ2v) is 7.04. The van der Waals surface area contributed by atoms with Gasteiger partial charge in [-0.15, -0.1) is 11.3 Å². The molecule has 0 atom stereocenters. The van der Waals surface area contributed by atoms with Crippen LogP contribution in [0.4, 0.5) is 11.4 Å². The van der Waals surface area contributed by atoms with Crippen molar-refractivity contribution in [2.24, 2.45) is 0 Å². The fourth-order valence-corrected chi connectivity index (χ4v) is 3.18. The Morgan fingerprint density at radius 2 is 1.64 bits per heavy atom. The molecule has 1 heterocycles. The maximum absolute atomic E-state index is 12.6. The molecular weight excluding hydrogens is 374 g/mol. The van der Waals surface area contributed by atoms with Crippen molar-refractivity contribution in [3.8, 4) is 0 Å². The molecule has 0 aliphatic rings. The van der Waals surface area contributed by atoms with Crippen molar-refractivity contribution in [2.45, 2.75) is 0 Å². The zero-order valence-electron chi connectivity index (χ0n) is 15.2. The maximum atomic E-state index is 12.6. The molecule has 0 saturated heterocycles. The third-order valence-corrected chi connectivity index (χ3v) is 4.77. The van der Waals surface area contributed by atoms with E-state index in [1.807, 2.05) is 23.6 Å². The van der Waals surface area contributed by atoms with Gasteiger partial charge in [-0.1, -0.05) is 30.3 Å². The number of para-hydroxylation sites is 1. The van der Waals surface area contributed by atoms with Gasteiger partial charge in [0.25, 0.3) is 11.8 Å². The number of rotatable bonds is 6. The van der Waals surface area contributed by atoms with Crippen molar-refractivity contribution < 1.29 is 14.4 Å². The van der Waals surface area contributed by atoms with Crippen molar-refractivity contribution in [2.75, 3.05) is 24.2 Å². The number of hydrogen-bond donors (Lipinski definition) is 2. The van der Waals surface area contributed by atoms with Gasteiger partial charge in [-0.25, -0.2) is 0 Å². The molecule has 0 aliphatic heterocycles. The Bertz CT molecular complexity index is 972. The fraction of sp³-hybridized carbons (Fsp3) is 0.0952. The Balaban J connectivity index is 1.61. The topological polar surface area (TPSA) is 78.5 Å². The molecule has 0 spiro atoms. The van der Waals surface area contributed by atoms with Crippen LogP contribution in [-0.4, -0.2) is 36.2 Å². The predicted octanol–water partition coefficient (Wildman–Crippen LogP) is 3.71. The first-order valence-corrected chi connectivity index (χ1v) is 9.46. The quantitative estimate of drug-likeness (QED) is 0.670. The summed E-state index contributed by atoms with van der Waals surface area (Å²) in [6.45, 7) is -0.0838. The zero-order valence-corrected chi connectivity index (χ0v) is 16.0. The van der Waals surface area contributed by atoms with Gasteiger partial charge in [0, 0.05) is 24.0 Å². The molecule has 0 bridgehead atoms. The average molecular weight is 393 g/mol. The lowest BCUT2D eigenvalue weighted by atomic mass is 10.1. The summed E-state index contributed by atoms with van der Waals surface area (Å²) >= 11 is 1.34. The van der Waals surface area contributed by atoms with Gasteiger partial charge in [-0.2, -0.15) is 0 Å². The largest absolute Gasteiger partial charge is 0.332 e. The number of carbonyl (C=O) groups excluding carboxylic acids is 3. The van der Waals surface area contributed by atoms with Crippen LogP contribution in [-0.2, 0) is 4.79 Å². The molecule has 7 heteroatoms. The monoisotopic (exact) mass is 393 g/mol. The third-order valence-electron chi connectivity index (χ3n) is 3.90. The molecule has 3 aromatic rings. The van der Waals surface area contributed by atoms with E-state index >= 15 is 0 Å². The zero-order chi connectivity index (χ0) is 19.9. The van der Waals surface area contributed by atoms with Gasteiger partial charge in [0.2, 0.25) is 5.91 Å². The summed E-state index contributed by atoms with van der Waals surface area (Å²) in [6, 6.07) is 19.2. The van der Waals surface area contributed by atoms with E-state index in [9.17, 15) is 14.4 Å². The van der Waals surface area contributed by atoms with Crippen LogP contribution in [0, 0.1) is 0 Å². The lowest BCUT2D eigenvalue weighted by Gasteiger charge is -2.17. The van der Waals surface area contributed by atoms with E-state index in [1.54, 1.807) is 55.6 Å². The van der Waals surface area contributed by atoms with E-state index in [4.69, 9.17) is 0 Å². The number of anilines is 2. The average Bonchev–Trinajstić information content (AvgIpc) is 3.23. The summed E-state index contributed by atoms with van der Waals surface area (Å²) < 4.78 is 0. The first kappa shape index (κ1) is 19.3. The number of benzene rings is 2. The summed E-state index contributed by atoms with van der Waals surface area (Å²) in [5.41, 5.74) is 1.58. The van der Waals surface area contributed by atoms with Crippen LogP contribution < -0.4 is 10.6 Å². The van der Waals surface area contributed by atoms with Crippen molar-refractivity contribution in [1.82, 2.24) is 4.90 Å². The number of nitrogens with one attached hydrogen (secondary N) is 2. The molecule has 3 rings (SSSR count). The SMILES string of the molecule is CN(CC(=O)Nc1ccccc1)C(=O)c1cccc(NC(=O)c2cccs2)c1. The fourth-order valence-electron chi connectivity index (χ4n) is 2.56. The Kier molecular flexibility index (Phi) is 6.18. The highest BCUT2D eigenvalue weighted by molar-refractivity contribution is 7.12. The molecule has 2 N–H and O–H groups in total. The highest BCUT2D eigenvalue weighted by Crippen LogP contribution is 2.16. The van der Waals surface area contributed by atoms with Gasteiger partial charge in [0.05, 0.1) is 11.4 Å². The summed E-state index contributed by atoms with van der Waals surface area (Å²) in [4.78, 5) is 38.9. The number of nitrogens with zero attached hydrogens (tertiary/aromatic N) is 1. The lowest BCUT2D eigenvalue weighted by molar-refractivity contribution is -0.116. The van der Waals surface area contributed by atoms with Gasteiger partial charge < -0.3 is 15.5 Å². The number of hydrogen-bond acceptors (Lipinski definition) is 4. The Morgan fingerprint density at radius 1 is 0.893 bits per heavy atom. The summed E-state index contributed by atoms with van der Waals surface area (Å²) in [6.07, 6.45) is 0. The summed E-state index contributed by atoms with van der Waals surface area (Å²) in [7, 11) is 1.56. The number of carbonyl (C=O) groups is 3. The van der Waals surface area contributed by atoms with E-state index in [0.29, 0.717) is 21.8 Å². The molecule has 0 unspecified atom stereocenters. The van der Waals surface area contributed by atoms with Gasteiger partial charge in [-0.05, 0) is 41.8 Å². The van der Waals surface area contributed by atoms with Crippen LogP contribution in [0.15, 0.2) is 72.1 Å². The molecule has 28 heavy (non-hydrogen) atoms. The van der Waals surface area contributed by atoms with Crippen molar-refractivity contribution >= 4 is 40.4 Å². The molecular formula is C21H19N3O3S. The molecule has 3 amide bonds. The highest BCUT2D eigenvalue weighted by Gasteiger charge is 2.16. The Morgan fingerprint density at radius 3 is 2.36 bits per heavy atom. The summed E-state index contributed by atoms with van der Waals surface area (Å²) in [5.74, 6) is -0.824. The normalized spacial score (nSPS) is 10.2. The van der Waals surface area contributed by atoms with Crippen molar-refractivity contribution in [3.05, 3.63) is 82.6 Å². The standard InChI is InChI=1S/C21H19N3O3S/c1-24(14-19(25)22-16-8-3-2-4-9-16)21(27)15-7-5-10-17(13-15)23-20(26)18-11-6-12-28-18/h2-13H,14H2,1H3,(H,22,25)(H,23,26). The summed E-state index contributed by atoms with van der Waals surface area (Å²) in [5, 5.41) is 7.34. The first-order valence-electron chi connectivity index (χ1n) is 8.58. The second kappa shape index (κ2) is 8.96. The van der Waals surface area contributed by atoms with Crippen LogP contribution in [0.2, 0.25) is 0 Å². The highest BCUT2D eigenvalue weighted by atomic mass is 32.1. The van der Waals surface area contributed by atoms with Crippen LogP contribution >= 0.6 is 11.3 Å². The molecule has 0 aliphatic carbocycles. The molecule has 2 aromatic carbocycles. The molecule has 0 radical (unpaired) electrons. The van der Waals surface area contributed by atoms with Crippen LogP contribution in [0.1, 0.15) is 20.0 Å². The minimum absolute atomic E-state index is 0.0838. The Labute approximate surface area is 166 Å². The van der Waals surface area contributed by atoms with Crippen molar-refractivity contribution in [1.29, 1.82) is 0 Å². The smallest absolute Gasteiger partial charge is 0.265 e. The third kappa shape index (κ3) is 5.05. The molecule has 0 saturated carbocycles. The van der Waals surface area contributed by atoms with Gasteiger partial charge in [-0.3, -0.25) is 14.4 Å². The van der Waals surface area contributed by atoms with E-state index in [1.165, 1.54) is 16.2 Å². The van der Waals surface area contributed by atoms with Gasteiger partial charge in [0.1, 0.15) is 0 Å². The van der Waals surface area contributed by atoms with Gasteiger partial charge >= 0.3 is 0 Å². The molecule has 142 valence electrons. The van der Waals surface area contributed by atoms with Crippen molar-refractivity contribution in [3.63, 3.8) is 0 Å². The second-order valence-electron chi connectivity index (χ2n) is 6.09. The molecule has 6 nitrogen and oxygen atoms in total. The minimum Gasteiger partial charge on any atom is -0.332 e. The minimum atomic E-state index is -0.310.